The summed E-state index contributed by atoms with van der Waals surface area (Å²) < 4.78 is 5.30. The Morgan fingerprint density at radius 1 is 1.18 bits per heavy atom. The van der Waals surface area contributed by atoms with E-state index in [1.54, 1.807) is 0 Å². The van der Waals surface area contributed by atoms with Crippen molar-refractivity contribution in [1.82, 2.24) is 15.5 Å². The maximum Gasteiger partial charge on any atom is 0.257 e. The molecular formula is C13H15N3O. The first-order chi connectivity index (χ1) is 8.43. The molecule has 4 nitrogen and oxygen atoms in total. The number of benzene rings is 1. The third-order valence-corrected chi connectivity index (χ3v) is 3.08. The second-order valence-electron chi connectivity index (χ2n) is 4.33. The van der Waals surface area contributed by atoms with Crippen LogP contribution in [0, 0.1) is 0 Å². The summed E-state index contributed by atoms with van der Waals surface area (Å²) in [6, 6.07) is 10.1. The minimum Gasteiger partial charge on any atom is -0.334 e. The zero-order chi connectivity index (χ0) is 11.5. The average Bonchev–Trinajstić information content (AvgIpc) is 2.90. The Kier molecular flexibility index (Phi) is 2.88. The highest BCUT2D eigenvalue weighted by atomic mass is 16.5. The van der Waals surface area contributed by atoms with E-state index in [0.717, 1.165) is 24.4 Å². The lowest BCUT2D eigenvalue weighted by Crippen LogP contribution is -2.27. The van der Waals surface area contributed by atoms with E-state index in [2.05, 4.69) is 15.5 Å². The van der Waals surface area contributed by atoms with Crippen LogP contribution in [-0.2, 0) is 0 Å². The minimum atomic E-state index is 0.255. The lowest BCUT2D eigenvalue weighted by atomic mass is 10.0. The first kappa shape index (κ1) is 10.5. The molecule has 2 heterocycles. The summed E-state index contributed by atoms with van der Waals surface area (Å²) in [5, 5.41) is 7.48. The van der Waals surface area contributed by atoms with Crippen molar-refractivity contribution in [3.8, 4) is 11.5 Å². The lowest BCUT2D eigenvalue weighted by molar-refractivity contribution is 0.367. The van der Waals surface area contributed by atoms with E-state index < -0.39 is 0 Å². The Morgan fingerprint density at radius 2 is 2.06 bits per heavy atom. The molecule has 0 saturated carbocycles. The number of hydrogen-bond acceptors (Lipinski definition) is 4. The highest BCUT2D eigenvalue weighted by Gasteiger charge is 2.20. The van der Waals surface area contributed by atoms with E-state index >= 15 is 0 Å². The number of hydrogen-bond donors (Lipinski definition) is 1. The fourth-order valence-corrected chi connectivity index (χ4v) is 2.15. The number of nitrogens with one attached hydrogen (secondary N) is 1. The van der Waals surface area contributed by atoms with Crippen LogP contribution >= 0.6 is 0 Å². The zero-order valence-electron chi connectivity index (χ0n) is 9.60. The van der Waals surface area contributed by atoms with Crippen molar-refractivity contribution < 1.29 is 4.52 Å². The average molecular weight is 229 g/mol. The molecule has 1 aromatic heterocycles. The lowest BCUT2D eigenvalue weighted by Gasteiger charge is -2.19. The van der Waals surface area contributed by atoms with Gasteiger partial charge in [0.2, 0.25) is 0 Å². The summed E-state index contributed by atoms with van der Waals surface area (Å²) in [7, 11) is 0. The van der Waals surface area contributed by atoms with Crippen LogP contribution in [0.15, 0.2) is 34.9 Å². The van der Waals surface area contributed by atoms with Crippen LogP contribution in [-0.4, -0.2) is 16.7 Å². The highest BCUT2D eigenvalue weighted by Crippen LogP contribution is 2.23. The van der Waals surface area contributed by atoms with Gasteiger partial charge in [0, 0.05) is 5.56 Å². The van der Waals surface area contributed by atoms with E-state index in [1.165, 1.54) is 12.8 Å². The van der Waals surface area contributed by atoms with Crippen LogP contribution in [0.3, 0.4) is 0 Å². The van der Waals surface area contributed by atoms with Crippen molar-refractivity contribution >= 4 is 0 Å². The number of piperidine rings is 1. The normalized spacial score (nSPS) is 20.4. The third-order valence-electron chi connectivity index (χ3n) is 3.08. The topological polar surface area (TPSA) is 51.0 Å². The van der Waals surface area contributed by atoms with Crippen molar-refractivity contribution in [2.75, 3.05) is 6.54 Å². The van der Waals surface area contributed by atoms with Crippen LogP contribution in [0.1, 0.15) is 31.1 Å². The van der Waals surface area contributed by atoms with Gasteiger partial charge >= 0.3 is 0 Å². The molecule has 0 aliphatic carbocycles. The van der Waals surface area contributed by atoms with Gasteiger partial charge in [0.25, 0.3) is 5.89 Å². The van der Waals surface area contributed by atoms with Crippen LogP contribution in [0.2, 0.25) is 0 Å². The fraction of sp³-hybridized carbons (Fsp3) is 0.385. The molecule has 1 saturated heterocycles. The predicted molar refractivity (Wildman–Crippen MR) is 64.3 cm³/mol. The molecule has 1 fully saturated rings. The largest absolute Gasteiger partial charge is 0.334 e. The first-order valence-electron chi connectivity index (χ1n) is 6.06. The van der Waals surface area contributed by atoms with Crippen molar-refractivity contribution in [3.63, 3.8) is 0 Å². The Hall–Kier alpha value is -1.68. The molecule has 88 valence electrons. The third kappa shape index (κ3) is 2.22. The van der Waals surface area contributed by atoms with Crippen LogP contribution in [0.5, 0.6) is 0 Å². The van der Waals surface area contributed by atoms with E-state index in [1.807, 2.05) is 30.3 Å². The van der Waals surface area contributed by atoms with Gasteiger partial charge in [0.15, 0.2) is 5.82 Å². The van der Waals surface area contributed by atoms with Gasteiger partial charge in [-0.2, -0.15) is 4.98 Å². The van der Waals surface area contributed by atoms with E-state index in [9.17, 15) is 0 Å². The molecule has 3 rings (SSSR count). The van der Waals surface area contributed by atoms with Crippen molar-refractivity contribution in [2.24, 2.45) is 0 Å². The van der Waals surface area contributed by atoms with Gasteiger partial charge in [-0.15, -0.1) is 0 Å². The number of aromatic nitrogens is 2. The van der Waals surface area contributed by atoms with Crippen LogP contribution in [0.4, 0.5) is 0 Å². The maximum absolute atomic E-state index is 5.30. The summed E-state index contributed by atoms with van der Waals surface area (Å²) in [6.45, 7) is 1.04. The molecule has 0 spiro atoms. The highest BCUT2D eigenvalue weighted by molar-refractivity contribution is 5.52. The monoisotopic (exact) mass is 229 g/mol. The molecule has 1 aliphatic heterocycles. The molecule has 0 bridgehead atoms. The van der Waals surface area contributed by atoms with Crippen LogP contribution < -0.4 is 5.32 Å². The molecule has 0 radical (unpaired) electrons. The molecule has 1 atom stereocenters. The predicted octanol–water partition coefficient (Wildman–Crippen LogP) is 2.55. The number of rotatable bonds is 2. The Bertz CT molecular complexity index is 474. The minimum absolute atomic E-state index is 0.255. The van der Waals surface area contributed by atoms with Gasteiger partial charge in [0.05, 0.1) is 6.04 Å². The Labute approximate surface area is 100 Å². The summed E-state index contributed by atoms with van der Waals surface area (Å²) in [5.41, 5.74) is 0.974. The van der Waals surface area contributed by atoms with Gasteiger partial charge in [-0.05, 0) is 31.5 Å². The summed E-state index contributed by atoms with van der Waals surface area (Å²) in [6.07, 6.45) is 3.56. The molecule has 1 aromatic carbocycles. The summed E-state index contributed by atoms with van der Waals surface area (Å²) >= 11 is 0. The molecular weight excluding hydrogens is 214 g/mol. The van der Waals surface area contributed by atoms with Gasteiger partial charge < -0.3 is 9.84 Å². The standard InChI is InChI=1S/C13H15N3O/c1-2-6-10(7-3-1)13-15-12(16-17-13)11-8-4-5-9-14-11/h1-3,6-7,11,14H,4-5,8-9H2/t11-/m1/s1. The second-order valence-corrected chi connectivity index (χ2v) is 4.33. The SMILES string of the molecule is c1ccc(-c2nc([C@H]3CCCCN3)no2)cc1. The van der Waals surface area contributed by atoms with Crippen molar-refractivity contribution in [1.29, 1.82) is 0 Å². The molecule has 17 heavy (non-hydrogen) atoms. The quantitative estimate of drug-likeness (QED) is 0.859. The van der Waals surface area contributed by atoms with E-state index in [4.69, 9.17) is 4.52 Å². The summed E-state index contributed by atoms with van der Waals surface area (Å²) in [5.74, 6) is 1.39. The first-order valence-corrected chi connectivity index (χ1v) is 6.06. The van der Waals surface area contributed by atoms with Crippen molar-refractivity contribution in [3.05, 3.63) is 36.2 Å². The summed E-state index contributed by atoms with van der Waals surface area (Å²) in [4.78, 5) is 4.46. The molecule has 1 N–H and O–H groups in total. The smallest absolute Gasteiger partial charge is 0.257 e. The van der Waals surface area contributed by atoms with Gasteiger partial charge in [0.1, 0.15) is 0 Å². The van der Waals surface area contributed by atoms with Gasteiger partial charge in [-0.1, -0.05) is 29.8 Å². The second kappa shape index (κ2) is 4.67. The Balaban J connectivity index is 1.83. The maximum atomic E-state index is 5.30. The van der Waals surface area contributed by atoms with Crippen molar-refractivity contribution in [2.45, 2.75) is 25.3 Å². The van der Waals surface area contributed by atoms with Gasteiger partial charge in [-0.3, -0.25) is 0 Å². The van der Waals surface area contributed by atoms with E-state index in [-0.39, 0.29) is 6.04 Å². The molecule has 4 heteroatoms. The fourth-order valence-electron chi connectivity index (χ4n) is 2.15. The van der Waals surface area contributed by atoms with Gasteiger partial charge in [-0.25, -0.2) is 0 Å². The zero-order valence-corrected chi connectivity index (χ0v) is 9.60. The molecule has 2 aromatic rings. The Morgan fingerprint density at radius 3 is 2.82 bits per heavy atom. The molecule has 1 aliphatic rings. The van der Waals surface area contributed by atoms with E-state index in [0.29, 0.717) is 5.89 Å². The van der Waals surface area contributed by atoms with Crippen LogP contribution in [0.25, 0.3) is 11.5 Å². The molecule has 0 unspecified atom stereocenters. The number of nitrogens with zero attached hydrogens (tertiary/aromatic N) is 2. The molecule has 0 amide bonds.